The van der Waals surface area contributed by atoms with Gasteiger partial charge in [-0.25, -0.2) is 13.2 Å². The molecule has 3 aromatic rings. The van der Waals surface area contributed by atoms with Crippen molar-refractivity contribution in [3.8, 4) is 5.75 Å². The number of hydrogen-bond acceptors (Lipinski definition) is 4. The van der Waals surface area contributed by atoms with Gasteiger partial charge in [0, 0.05) is 0 Å². The molecule has 0 unspecified atom stereocenters. The number of carbonyl (C=O) groups is 1. The predicted octanol–water partition coefficient (Wildman–Crippen LogP) is 4.39. The van der Waals surface area contributed by atoms with Crippen LogP contribution in [0.1, 0.15) is 10.4 Å². The summed E-state index contributed by atoms with van der Waals surface area (Å²) < 4.78 is 30.7. The lowest BCUT2D eigenvalue weighted by molar-refractivity contribution is 0.0734. The Labute approximate surface area is 150 Å². The summed E-state index contributed by atoms with van der Waals surface area (Å²) in [6.45, 7) is 0. The zero-order valence-electron chi connectivity index (χ0n) is 12.9. The molecule has 0 saturated carbocycles. The third-order valence-corrected chi connectivity index (χ3v) is 5.80. The molecule has 126 valence electrons. The number of benzene rings is 3. The smallest absolute Gasteiger partial charge is 0.343 e. The maximum Gasteiger partial charge on any atom is 0.343 e. The Balaban J connectivity index is 1.97. The molecule has 0 atom stereocenters. The van der Waals surface area contributed by atoms with Crippen molar-refractivity contribution in [1.82, 2.24) is 0 Å². The van der Waals surface area contributed by atoms with E-state index >= 15 is 0 Å². The van der Waals surface area contributed by atoms with Crippen LogP contribution in [0.4, 0.5) is 0 Å². The van der Waals surface area contributed by atoms with Gasteiger partial charge in [-0.3, -0.25) is 0 Å². The van der Waals surface area contributed by atoms with Gasteiger partial charge in [0.1, 0.15) is 5.02 Å². The van der Waals surface area contributed by atoms with Crippen LogP contribution >= 0.6 is 11.6 Å². The Bertz CT molecular complexity index is 1000. The minimum absolute atomic E-state index is 0.00692. The highest BCUT2D eigenvalue weighted by molar-refractivity contribution is 7.91. The Morgan fingerprint density at radius 2 is 1.40 bits per heavy atom. The molecular formula is C19H13ClO4S. The van der Waals surface area contributed by atoms with Crippen molar-refractivity contribution in [2.24, 2.45) is 0 Å². The highest BCUT2D eigenvalue weighted by atomic mass is 35.5. The fraction of sp³-hybridized carbons (Fsp3) is 0. The van der Waals surface area contributed by atoms with Gasteiger partial charge >= 0.3 is 5.97 Å². The topological polar surface area (TPSA) is 60.4 Å². The van der Waals surface area contributed by atoms with Crippen molar-refractivity contribution >= 4 is 27.4 Å². The van der Waals surface area contributed by atoms with Crippen molar-refractivity contribution in [3.05, 3.63) is 89.4 Å². The number of sulfone groups is 1. The van der Waals surface area contributed by atoms with Gasteiger partial charge in [0.15, 0.2) is 5.75 Å². The first kappa shape index (κ1) is 17.2. The zero-order valence-corrected chi connectivity index (χ0v) is 14.5. The van der Waals surface area contributed by atoms with E-state index in [1.54, 1.807) is 48.5 Å². The van der Waals surface area contributed by atoms with Crippen LogP contribution < -0.4 is 4.74 Å². The first-order chi connectivity index (χ1) is 12.0. The Morgan fingerprint density at radius 1 is 0.800 bits per heavy atom. The van der Waals surface area contributed by atoms with Gasteiger partial charge in [0.2, 0.25) is 9.84 Å². The number of carbonyl (C=O) groups excluding carboxylic acids is 1. The second kappa shape index (κ2) is 7.09. The van der Waals surface area contributed by atoms with Crippen molar-refractivity contribution in [3.63, 3.8) is 0 Å². The first-order valence-electron chi connectivity index (χ1n) is 7.36. The van der Waals surface area contributed by atoms with Gasteiger partial charge < -0.3 is 4.74 Å². The molecule has 3 rings (SSSR count). The highest BCUT2D eigenvalue weighted by Gasteiger charge is 2.23. The van der Waals surface area contributed by atoms with Crippen LogP contribution in [0.3, 0.4) is 0 Å². The molecule has 0 fully saturated rings. The number of hydrogen-bond donors (Lipinski definition) is 0. The molecule has 0 spiro atoms. The van der Waals surface area contributed by atoms with E-state index in [1.165, 1.54) is 30.3 Å². The fourth-order valence-electron chi connectivity index (χ4n) is 2.24. The molecule has 0 aliphatic heterocycles. The molecule has 4 nitrogen and oxygen atoms in total. The lowest BCUT2D eigenvalue weighted by Gasteiger charge is -2.11. The van der Waals surface area contributed by atoms with Crippen LogP contribution in [-0.4, -0.2) is 14.4 Å². The summed E-state index contributed by atoms with van der Waals surface area (Å²) in [5.74, 6) is -0.621. The van der Waals surface area contributed by atoms with Crippen LogP contribution in [-0.2, 0) is 9.84 Å². The zero-order chi connectivity index (χ0) is 17.9. The average Bonchev–Trinajstić information content (AvgIpc) is 2.64. The summed E-state index contributed by atoms with van der Waals surface area (Å²) in [6.07, 6.45) is 0. The molecule has 0 amide bonds. The van der Waals surface area contributed by atoms with E-state index in [4.69, 9.17) is 16.3 Å². The Morgan fingerprint density at radius 3 is 2.04 bits per heavy atom. The third-order valence-electron chi connectivity index (χ3n) is 3.48. The molecule has 6 heteroatoms. The summed E-state index contributed by atoms with van der Waals surface area (Å²) >= 11 is 6.22. The summed E-state index contributed by atoms with van der Waals surface area (Å²) in [5.41, 5.74) is 0.342. The molecule has 0 radical (unpaired) electrons. The van der Waals surface area contributed by atoms with E-state index in [0.717, 1.165) is 0 Å². The van der Waals surface area contributed by atoms with Crippen molar-refractivity contribution in [2.75, 3.05) is 0 Å². The van der Waals surface area contributed by atoms with Gasteiger partial charge in [-0.1, -0.05) is 54.1 Å². The molecule has 0 heterocycles. The van der Waals surface area contributed by atoms with E-state index in [2.05, 4.69) is 0 Å². The lowest BCUT2D eigenvalue weighted by Crippen LogP contribution is -2.10. The largest absolute Gasteiger partial charge is 0.421 e. The molecule has 3 aromatic carbocycles. The Kier molecular flexibility index (Phi) is 4.88. The first-order valence-corrected chi connectivity index (χ1v) is 9.22. The number of esters is 1. The standard InChI is InChI=1S/C19H13ClO4S/c20-18-16(24-19(21)14-8-3-1-4-9-14)12-7-13-17(18)25(22,23)15-10-5-2-6-11-15/h1-13H. The van der Waals surface area contributed by atoms with Crippen molar-refractivity contribution < 1.29 is 17.9 Å². The number of rotatable bonds is 4. The summed E-state index contributed by atoms with van der Waals surface area (Å²) in [7, 11) is -3.82. The molecule has 0 saturated heterocycles. The predicted molar refractivity (Wildman–Crippen MR) is 94.7 cm³/mol. The van der Waals surface area contributed by atoms with Gasteiger partial charge in [-0.15, -0.1) is 0 Å². The van der Waals surface area contributed by atoms with Crippen molar-refractivity contribution in [1.29, 1.82) is 0 Å². The fourth-order valence-corrected chi connectivity index (χ4v) is 4.07. The summed E-state index contributed by atoms with van der Waals surface area (Å²) in [6, 6.07) is 20.6. The van der Waals surface area contributed by atoms with Crippen LogP contribution in [0.25, 0.3) is 0 Å². The van der Waals surface area contributed by atoms with E-state index < -0.39 is 15.8 Å². The van der Waals surface area contributed by atoms with Crippen LogP contribution in [0.2, 0.25) is 5.02 Å². The second-order valence-corrected chi connectivity index (χ2v) is 7.44. The molecule has 25 heavy (non-hydrogen) atoms. The Hall–Kier alpha value is -2.63. The second-order valence-electron chi connectivity index (χ2n) is 5.14. The maximum absolute atomic E-state index is 12.7. The van der Waals surface area contributed by atoms with Gasteiger partial charge in [0.25, 0.3) is 0 Å². The van der Waals surface area contributed by atoms with Crippen LogP contribution in [0, 0.1) is 0 Å². The highest BCUT2D eigenvalue weighted by Crippen LogP contribution is 2.34. The van der Waals surface area contributed by atoms with E-state index in [1.807, 2.05) is 0 Å². The van der Waals surface area contributed by atoms with Gasteiger partial charge in [0.05, 0.1) is 15.4 Å². The van der Waals surface area contributed by atoms with Crippen LogP contribution in [0.5, 0.6) is 5.75 Å². The van der Waals surface area contributed by atoms with E-state index in [9.17, 15) is 13.2 Å². The maximum atomic E-state index is 12.7. The SMILES string of the molecule is O=C(Oc1cccc(S(=O)(=O)c2ccccc2)c1Cl)c1ccccc1. The van der Waals surface area contributed by atoms with E-state index in [-0.39, 0.29) is 20.6 Å². The monoisotopic (exact) mass is 372 g/mol. The third kappa shape index (κ3) is 3.57. The molecule has 0 bridgehead atoms. The summed E-state index contributed by atoms with van der Waals surface area (Å²) in [4.78, 5) is 12.2. The molecular weight excluding hydrogens is 360 g/mol. The molecule has 0 N–H and O–H groups in total. The lowest BCUT2D eigenvalue weighted by atomic mass is 10.2. The average molecular weight is 373 g/mol. The molecule has 0 aromatic heterocycles. The van der Waals surface area contributed by atoms with Crippen molar-refractivity contribution in [2.45, 2.75) is 9.79 Å². The minimum Gasteiger partial charge on any atom is -0.421 e. The van der Waals surface area contributed by atoms with E-state index in [0.29, 0.717) is 5.56 Å². The van der Waals surface area contributed by atoms with Gasteiger partial charge in [-0.2, -0.15) is 0 Å². The quantitative estimate of drug-likeness (QED) is 0.503. The summed E-state index contributed by atoms with van der Waals surface area (Å²) in [5, 5.41) is -0.129. The van der Waals surface area contributed by atoms with Gasteiger partial charge in [-0.05, 0) is 36.4 Å². The van der Waals surface area contributed by atoms with Crippen LogP contribution in [0.15, 0.2) is 88.7 Å². The molecule has 0 aliphatic carbocycles. The molecule has 0 aliphatic rings. The minimum atomic E-state index is -3.82. The number of halogens is 1. The normalized spacial score (nSPS) is 11.1. The number of ether oxygens (including phenoxy) is 1.